The van der Waals surface area contributed by atoms with Crippen molar-refractivity contribution < 1.29 is 4.74 Å². The number of imidazole rings is 1. The van der Waals surface area contributed by atoms with Crippen molar-refractivity contribution in [2.75, 3.05) is 42.6 Å². The standard InChI is InChI=1S/C20H22N8O/c1-2-26-13-24-17-19(26)22-12-23-20(17)28-6-4-27(5-7-28)18-14(10-21)9-15-11-29-8-3-16(15)25-18/h9,12-13H,2-8,11H2,1H3. The Kier molecular flexibility index (Phi) is 4.48. The summed E-state index contributed by atoms with van der Waals surface area (Å²) in [5.41, 5.74) is 4.41. The summed E-state index contributed by atoms with van der Waals surface area (Å²) in [6, 6.07) is 4.25. The topological polar surface area (TPSA) is 96.0 Å². The van der Waals surface area contributed by atoms with Gasteiger partial charge in [0, 0.05) is 44.7 Å². The summed E-state index contributed by atoms with van der Waals surface area (Å²) in [4.78, 5) is 22.7. The Bertz CT molecular complexity index is 1090. The number of aromatic nitrogens is 5. The largest absolute Gasteiger partial charge is 0.376 e. The molecule has 0 bridgehead atoms. The Morgan fingerprint density at radius 1 is 1.10 bits per heavy atom. The second kappa shape index (κ2) is 7.29. The third-order valence-corrected chi connectivity index (χ3v) is 5.63. The van der Waals surface area contributed by atoms with Gasteiger partial charge in [-0.15, -0.1) is 0 Å². The first-order chi connectivity index (χ1) is 14.3. The number of ether oxygens (including phenoxy) is 1. The number of nitriles is 1. The number of anilines is 2. The molecule has 1 fully saturated rings. The first-order valence-corrected chi connectivity index (χ1v) is 9.95. The van der Waals surface area contributed by atoms with Gasteiger partial charge in [0.05, 0.1) is 30.8 Å². The molecule has 29 heavy (non-hydrogen) atoms. The van der Waals surface area contributed by atoms with Gasteiger partial charge in [0.15, 0.2) is 17.0 Å². The average Bonchev–Trinajstić information content (AvgIpc) is 3.21. The minimum Gasteiger partial charge on any atom is -0.376 e. The van der Waals surface area contributed by atoms with Gasteiger partial charge in [-0.3, -0.25) is 0 Å². The molecule has 148 valence electrons. The monoisotopic (exact) mass is 390 g/mol. The molecule has 0 radical (unpaired) electrons. The van der Waals surface area contributed by atoms with Gasteiger partial charge < -0.3 is 19.1 Å². The van der Waals surface area contributed by atoms with Crippen molar-refractivity contribution in [3.63, 3.8) is 0 Å². The molecule has 0 saturated carbocycles. The highest BCUT2D eigenvalue weighted by molar-refractivity contribution is 5.83. The number of rotatable bonds is 3. The number of piperazine rings is 1. The third kappa shape index (κ3) is 3.06. The van der Waals surface area contributed by atoms with Crippen molar-refractivity contribution in [1.29, 1.82) is 5.26 Å². The van der Waals surface area contributed by atoms with Crippen molar-refractivity contribution in [2.45, 2.75) is 26.5 Å². The highest BCUT2D eigenvalue weighted by Gasteiger charge is 2.25. The Morgan fingerprint density at radius 3 is 2.66 bits per heavy atom. The average molecular weight is 390 g/mol. The molecule has 9 nitrogen and oxygen atoms in total. The molecule has 0 N–H and O–H groups in total. The van der Waals surface area contributed by atoms with Crippen molar-refractivity contribution in [1.82, 2.24) is 24.5 Å². The van der Waals surface area contributed by atoms with E-state index in [2.05, 4.69) is 37.7 Å². The van der Waals surface area contributed by atoms with Gasteiger partial charge >= 0.3 is 0 Å². The van der Waals surface area contributed by atoms with Gasteiger partial charge in [-0.2, -0.15) is 5.26 Å². The minimum atomic E-state index is 0.541. The summed E-state index contributed by atoms with van der Waals surface area (Å²) in [7, 11) is 0. The van der Waals surface area contributed by atoms with E-state index in [9.17, 15) is 5.26 Å². The van der Waals surface area contributed by atoms with Crippen LogP contribution in [0.3, 0.4) is 0 Å². The molecule has 3 aromatic rings. The lowest BCUT2D eigenvalue weighted by Crippen LogP contribution is -2.47. The Balaban J connectivity index is 1.39. The van der Waals surface area contributed by atoms with E-state index < -0.39 is 0 Å². The quantitative estimate of drug-likeness (QED) is 0.664. The summed E-state index contributed by atoms with van der Waals surface area (Å²) >= 11 is 0. The summed E-state index contributed by atoms with van der Waals surface area (Å²) < 4.78 is 7.52. The molecule has 0 unspecified atom stereocenters. The summed E-state index contributed by atoms with van der Waals surface area (Å²) in [6.45, 7) is 7.26. The van der Waals surface area contributed by atoms with Gasteiger partial charge in [0.25, 0.3) is 0 Å². The van der Waals surface area contributed by atoms with Crippen LogP contribution < -0.4 is 9.80 Å². The van der Waals surface area contributed by atoms with Gasteiger partial charge in [0.2, 0.25) is 0 Å². The van der Waals surface area contributed by atoms with Gasteiger partial charge in [-0.25, -0.2) is 19.9 Å². The van der Waals surface area contributed by atoms with Crippen molar-refractivity contribution in [3.8, 4) is 6.07 Å². The van der Waals surface area contributed by atoms with E-state index in [0.717, 1.165) is 73.2 Å². The fraction of sp³-hybridized carbons (Fsp3) is 0.450. The number of hydrogen-bond acceptors (Lipinski definition) is 8. The van der Waals surface area contributed by atoms with E-state index in [4.69, 9.17) is 9.72 Å². The lowest BCUT2D eigenvalue weighted by Gasteiger charge is -2.36. The highest BCUT2D eigenvalue weighted by atomic mass is 16.5. The summed E-state index contributed by atoms with van der Waals surface area (Å²) in [5.74, 6) is 1.66. The summed E-state index contributed by atoms with van der Waals surface area (Å²) in [6.07, 6.45) is 4.23. The number of fused-ring (bicyclic) bond motifs is 2. The van der Waals surface area contributed by atoms with Crippen LogP contribution in [0.5, 0.6) is 0 Å². The smallest absolute Gasteiger partial charge is 0.165 e. The molecular weight excluding hydrogens is 368 g/mol. The molecule has 0 aliphatic carbocycles. The van der Waals surface area contributed by atoms with Crippen LogP contribution in [-0.4, -0.2) is 57.3 Å². The first kappa shape index (κ1) is 17.8. The molecule has 0 atom stereocenters. The molecule has 2 aliphatic rings. The lowest BCUT2D eigenvalue weighted by molar-refractivity contribution is 0.109. The molecule has 0 amide bonds. The Labute approximate surface area is 168 Å². The second-order valence-electron chi connectivity index (χ2n) is 7.25. The predicted octanol–water partition coefficient (Wildman–Crippen LogP) is 1.51. The molecule has 0 aromatic carbocycles. The minimum absolute atomic E-state index is 0.541. The maximum Gasteiger partial charge on any atom is 0.165 e. The third-order valence-electron chi connectivity index (χ3n) is 5.63. The van der Waals surface area contributed by atoms with E-state index in [-0.39, 0.29) is 0 Å². The maximum absolute atomic E-state index is 9.63. The van der Waals surface area contributed by atoms with Crippen molar-refractivity contribution in [2.24, 2.45) is 0 Å². The van der Waals surface area contributed by atoms with E-state index in [1.807, 2.05) is 17.0 Å². The molecular formula is C20H22N8O. The Hall–Kier alpha value is -3.25. The number of aryl methyl sites for hydroxylation is 1. The molecule has 0 spiro atoms. The van der Waals surface area contributed by atoms with Crippen molar-refractivity contribution >= 4 is 22.8 Å². The van der Waals surface area contributed by atoms with Crippen LogP contribution in [0.15, 0.2) is 18.7 Å². The summed E-state index contributed by atoms with van der Waals surface area (Å²) in [5, 5.41) is 9.63. The fourth-order valence-electron chi connectivity index (χ4n) is 4.06. The first-order valence-electron chi connectivity index (χ1n) is 9.95. The molecule has 5 rings (SSSR count). The number of pyridine rings is 1. The van der Waals surface area contributed by atoms with Crippen LogP contribution in [0, 0.1) is 11.3 Å². The Morgan fingerprint density at radius 2 is 1.90 bits per heavy atom. The van der Waals surface area contributed by atoms with Crippen LogP contribution in [0.2, 0.25) is 0 Å². The van der Waals surface area contributed by atoms with E-state index in [1.165, 1.54) is 0 Å². The zero-order valence-electron chi connectivity index (χ0n) is 16.4. The SMILES string of the molecule is CCn1cnc2c(N3CCN(c4nc5c(cc4C#N)COCC5)CC3)ncnc21. The van der Waals surface area contributed by atoms with Gasteiger partial charge in [0.1, 0.15) is 18.2 Å². The fourth-order valence-corrected chi connectivity index (χ4v) is 4.06. The molecule has 3 aromatic heterocycles. The molecule has 9 heteroatoms. The second-order valence-corrected chi connectivity index (χ2v) is 7.25. The molecule has 1 saturated heterocycles. The molecule has 5 heterocycles. The molecule has 2 aliphatic heterocycles. The zero-order chi connectivity index (χ0) is 19.8. The van der Waals surface area contributed by atoms with Crippen LogP contribution in [-0.2, 0) is 24.3 Å². The highest BCUT2D eigenvalue weighted by Crippen LogP contribution is 2.27. The van der Waals surface area contributed by atoms with E-state index in [1.54, 1.807) is 6.33 Å². The van der Waals surface area contributed by atoms with E-state index in [0.29, 0.717) is 18.8 Å². The normalized spacial score (nSPS) is 16.7. The van der Waals surface area contributed by atoms with Crippen LogP contribution >= 0.6 is 0 Å². The zero-order valence-corrected chi connectivity index (χ0v) is 16.4. The predicted molar refractivity (Wildman–Crippen MR) is 108 cm³/mol. The van der Waals surface area contributed by atoms with E-state index >= 15 is 0 Å². The lowest BCUT2D eigenvalue weighted by atomic mass is 10.1. The van der Waals surface area contributed by atoms with Crippen LogP contribution in [0.1, 0.15) is 23.7 Å². The van der Waals surface area contributed by atoms with Gasteiger partial charge in [-0.05, 0) is 13.0 Å². The maximum atomic E-state index is 9.63. The number of nitrogens with zero attached hydrogens (tertiary/aromatic N) is 8. The van der Waals surface area contributed by atoms with Crippen LogP contribution in [0.25, 0.3) is 11.2 Å². The van der Waals surface area contributed by atoms with Crippen molar-refractivity contribution in [3.05, 3.63) is 35.5 Å². The van der Waals surface area contributed by atoms with Crippen LogP contribution in [0.4, 0.5) is 11.6 Å². The number of hydrogen-bond donors (Lipinski definition) is 0. The van der Waals surface area contributed by atoms with Gasteiger partial charge in [-0.1, -0.05) is 0 Å².